The third kappa shape index (κ3) is 2.76. The van der Waals surface area contributed by atoms with Gasteiger partial charge in [-0.15, -0.1) is 0 Å². The van der Waals surface area contributed by atoms with Crippen molar-refractivity contribution in [2.24, 2.45) is 0 Å². The van der Waals surface area contributed by atoms with E-state index in [9.17, 15) is 4.79 Å². The standard InChI is InChI=1S/C17H12N6O2/c1-2-15(24)23-17-22-14(8-25-17)10-5-11-12(7-20-16(11)19-6-10)13-3-4-18-9-21-13/h2-9H,1H2,(H,19,20)(H,22,23,24). The van der Waals surface area contributed by atoms with Crippen molar-refractivity contribution in [1.82, 2.24) is 24.9 Å². The minimum absolute atomic E-state index is 0.102. The van der Waals surface area contributed by atoms with Gasteiger partial charge in [-0.2, -0.15) is 4.98 Å². The molecule has 4 aromatic heterocycles. The average molecular weight is 332 g/mol. The van der Waals surface area contributed by atoms with Gasteiger partial charge in [-0.1, -0.05) is 6.58 Å². The van der Waals surface area contributed by atoms with E-state index in [4.69, 9.17) is 4.42 Å². The molecular weight excluding hydrogens is 320 g/mol. The van der Waals surface area contributed by atoms with Crippen LogP contribution in [0.3, 0.4) is 0 Å². The molecule has 8 nitrogen and oxygen atoms in total. The lowest BCUT2D eigenvalue weighted by atomic mass is 10.1. The van der Waals surface area contributed by atoms with E-state index < -0.39 is 5.91 Å². The van der Waals surface area contributed by atoms with E-state index in [1.54, 1.807) is 12.4 Å². The van der Waals surface area contributed by atoms with E-state index in [-0.39, 0.29) is 6.01 Å². The van der Waals surface area contributed by atoms with Gasteiger partial charge in [0.2, 0.25) is 0 Å². The first-order chi connectivity index (χ1) is 12.2. The quantitative estimate of drug-likeness (QED) is 0.556. The molecule has 0 aromatic carbocycles. The van der Waals surface area contributed by atoms with Crippen LogP contribution in [0.2, 0.25) is 0 Å². The van der Waals surface area contributed by atoms with Gasteiger partial charge < -0.3 is 9.40 Å². The maximum absolute atomic E-state index is 11.3. The third-order valence-electron chi connectivity index (χ3n) is 3.60. The molecule has 4 heterocycles. The van der Waals surface area contributed by atoms with Gasteiger partial charge in [-0.05, 0) is 18.2 Å². The number of pyridine rings is 1. The van der Waals surface area contributed by atoms with Crippen LogP contribution in [0.15, 0.2) is 60.4 Å². The van der Waals surface area contributed by atoms with Gasteiger partial charge in [0, 0.05) is 35.1 Å². The fourth-order valence-electron chi connectivity index (χ4n) is 2.43. The number of hydrogen-bond donors (Lipinski definition) is 2. The molecule has 0 unspecified atom stereocenters. The molecule has 0 atom stereocenters. The second kappa shape index (κ2) is 6.00. The molecule has 0 fully saturated rings. The first kappa shape index (κ1) is 14.8. The highest BCUT2D eigenvalue weighted by molar-refractivity contribution is 5.97. The van der Waals surface area contributed by atoms with Gasteiger partial charge in [-0.25, -0.2) is 15.0 Å². The number of nitrogens with zero attached hydrogens (tertiary/aromatic N) is 4. The molecule has 0 aliphatic rings. The van der Waals surface area contributed by atoms with Crippen LogP contribution in [-0.2, 0) is 4.79 Å². The molecular formula is C17H12N6O2. The summed E-state index contributed by atoms with van der Waals surface area (Å²) in [7, 11) is 0. The SMILES string of the molecule is C=CC(=O)Nc1nc(-c2cnc3[nH]cc(-c4ccncn4)c3c2)co1. The molecule has 0 spiro atoms. The number of nitrogens with one attached hydrogen (secondary N) is 2. The predicted octanol–water partition coefficient (Wildman–Crippen LogP) is 2.80. The number of carbonyl (C=O) groups excluding carboxylic acids is 1. The Kier molecular flexibility index (Phi) is 3.55. The van der Waals surface area contributed by atoms with Crippen molar-refractivity contribution >= 4 is 23.0 Å². The maximum atomic E-state index is 11.3. The summed E-state index contributed by atoms with van der Waals surface area (Å²) < 4.78 is 5.25. The first-order valence-electron chi connectivity index (χ1n) is 7.37. The lowest BCUT2D eigenvalue weighted by Crippen LogP contribution is -2.07. The van der Waals surface area contributed by atoms with E-state index in [2.05, 4.69) is 36.8 Å². The first-order valence-corrected chi connectivity index (χ1v) is 7.37. The number of hydrogen-bond acceptors (Lipinski definition) is 6. The monoisotopic (exact) mass is 332 g/mol. The van der Waals surface area contributed by atoms with E-state index in [1.165, 1.54) is 12.6 Å². The zero-order valence-corrected chi connectivity index (χ0v) is 12.9. The summed E-state index contributed by atoms with van der Waals surface area (Å²) in [5.41, 5.74) is 3.75. The summed E-state index contributed by atoms with van der Waals surface area (Å²) >= 11 is 0. The molecule has 8 heteroatoms. The molecule has 0 radical (unpaired) electrons. The van der Waals surface area contributed by atoms with E-state index in [0.717, 1.165) is 33.9 Å². The summed E-state index contributed by atoms with van der Waals surface area (Å²) in [6, 6.07) is 3.87. The van der Waals surface area contributed by atoms with E-state index in [0.29, 0.717) is 5.69 Å². The Morgan fingerprint density at radius 2 is 2.24 bits per heavy atom. The lowest BCUT2D eigenvalue weighted by Gasteiger charge is -1.99. The molecule has 0 aliphatic carbocycles. The number of carbonyl (C=O) groups is 1. The van der Waals surface area contributed by atoms with Crippen molar-refractivity contribution < 1.29 is 9.21 Å². The van der Waals surface area contributed by atoms with Crippen LogP contribution in [0.4, 0.5) is 6.01 Å². The van der Waals surface area contributed by atoms with Gasteiger partial charge >= 0.3 is 6.01 Å². The number of rotatable bonds is 4. The minimum Gasteiger partial charge on any atom is -0.431 e. The van der Waals surface area contributed by atoms with Crippen molar-refractivity contribution in [2.75, 3.05) is 5.32 Å². The third-order valence-corrected chi connectivity index (χ3v) is 3.60. The molecule has 0 saturated carbocycles. The van der Waals surface area contributed by atoms with Crippen LogP contribution >= 0.6 is 0 Å². The Labute approximate surface area is 141 Å². The van der Waals surface area contributed by atoms with Crippen LogP contribution in [0, 0.1) is 0 Å². The molecule has 4 aromatic rings. The number of aromatic nitrogens is 5. The fourth-order valence-corrected chi connectivity index (χ4v) is 2.43. The molecule has 0 aliphatic heterocycles. The Hall–Kier alpha value is -3.81. The second-order valence-electron chi connectivity index (χ2n) is 5.15. The highest BCUT2D eigenvalue weighted by Crippen LogP contribution is 2.29. The molecule has 0 bridgehead atoms. The number of H-pyrrole nitrogens is 1. The summed E-state index contributed by atoms with van der Waals surface area (Å²) in [4.78, 5) is 31.3. The number of amides is 1. The second-order valence-corrected chi connectivity index (χ2v) is 5.15. The smallest absolute Gasteiger partial charge is 0.302 e. The van der Waals surface area contributed by atoms with Gasteiger partial charge in [0.05, 0.1) is 5.69 Å². The van der Waals surface area contributed by atoms with Gasteiger partial charge in [-0.3, -0.25) is 10.1 Å². The topological polar surface area (TPSA) is 110 Å². The van der Waals surface area contributed by atoms with Gasteiger partial charge in [0.15, 0.2) is 0 Å². The normalized spacial score (nSPS) is 10.7. The zero-order chi connectivity index (χ0) is 17.2. The maximum Gasteiger partial charge on any atom is 0.302 e. The van der Waals surface area contributed by atoms with Crippen molar-refractivity contribution in [3.05, 3.63) is 56.0 Å². The Morgan fingerprint density at radius 3 is 3.04 bits per heavy atom. The molecule has 0 saturated heterocycles. The van der Waals surface area contributed by atoms with Crippen LogP contribution in [0.1, 0.15) is 0 Å². The van der Waals surface area contributed by atoms with Gasteiger partial charge in [0.1, 0.15) is 23.9 Å². The Bertz CT molecular complexity index is 1070. The Balaban J connectivity index is 1.74. The number of aromatic amines is 1. The van der Waals surface area contributed by atoms with Crippen molar-refractivity contribution in [2.45, 2.75) is 0 Å². The van der Waals surface area contributed by atoms with Crippen molar-refractivity contribution in [3.63, 3.8) is 0 Å². The fraction of sp³-hybridized carbons (Fsp3) is 0. The van der Waals surface area contributed by atoms with Crippen molar-refractivity contribution in [3.8, 4) is 22.5 Å². The van der Waals surface area contributed by atoms with Crippen LogP contribution in [0.25, 0.3) is 33.5 Å². The summed E-state index contributed by atoms with van der Waals surface area (Å²) in [5.74, 6) is -0.390. The Morgan fingerprint density at radius 1 is 1.32 bits per heavy atom. The van der Waals surface area contributed by atoms with Crippen LogP contribution < -0.4 is 5.32 Å². The van der Waals surface area contributed by atoms with Crippen molar-refractivity contribution in [1.29, 1.82) is 0 Å². The highest BCUT2D eigenvalue weighted by atomic mass is 16.4. The summed E-state index contributed by atoms with van der Waals surface area (Å²) in [6.45, 7) is 3.38. The molecule has 1 amide bonds. The average Bonchev–Trinajstić information content (AvgIpc) is 3.28. The van der Waals surface area contributed by atoms with Crippen LogP contribution in [0.5, 0.6) is 0 Å². The molecule has 4 rings (SSSR count). The van der Waals surface area contributed by atoms with Crippen LogP contribution in [-0.4, -0.2) is 30.8 Å². The van der Waals surface area contributed by atoms with Gasteiger partial charge in [0.25, 0.3) is 5.91 Å². The summed E-state index contributed by atoms with van der Waals surface area (Å²) in [6.07, 6.45) is 9.31. The molecule has 25 heavy (non-hydrogen) atoms. The van der Waals surface area contributed by atoms with E-state index >= 15 is 0 Å². The summed E-state index contributed by atoms with van der Waals surface area (Å²) in [5, 5.41) is 3.37. The largest absolute Gasteiger partial charge is 0.431 e. The molecule has 122 valence electrons. The lowest BCUT2D eigenvalue weighted by molar-refractivity contribution is -0.112. The molecule has 2 N–H and O–H groups in total. The number of anilines is 1. The van der Waals surface area contributed by atoms with E-state index in [1.807, 2.05) is 18.3 Å². The highest BCUT2D eigenvalue weighted by Gasteiger charge is 2.12. The minimum atomic E-state index is -0.390. The predicted molar refractivity (Wildman–Crippen MR) is 91.4 cm³/mol. The zero-order valence-electron chi connectivity index (χ0n) is 12.9. The number of oxazole rings is 1. The number of fused-ring (bicyclic) bond motifs is 1.